The van der Waals surface area contributed by atoms with Crippen LogP contribution in [0.15, 0.2) is 29.6 Å². The predicted molar refractivity (Wildman–Crippen MR) is 96.1 cm³/mol. The van der Waals surface area contributed by atoms with Gasteiger partial charge in [0, 0.05) is 22.0 Å². The van der Waals surface area contributed by atoms with Crippen LogP contribution in [0, 0.1) is 0 Å². The van der Waals surface area contributed by atoms with E-state index >= 15 is 0 Å². The van der Waals surface area contributed by atoms with Gasteiger partial charge < -0.3 is 5.32 Å². The molecule has 0 aliphatic carbocycles. The molecule has 1 aromatic heterocycles. The Labute approximate surface area is 141 Å². The number of amides is 1. The number of halogens is 1. The normalized spacial score (nSPS) is 10.7. The Kier molecular flexibility index (Phi) is 6.47. The number of benzene rings is 1. The van der Waals surface area contributed by atoms with Crippen LogP contribution in [0.3, 0.4) is 0 Å². The molecule has 0 radical (unpaired) electrons. The van der Waals surface area contributed by atoms with Crippen LogP contribution < -0.4 is 5.32 Å². The summed E-state index contributed by atoms with van der Waals surface area (Å²) in [6.45, 7) is 4.15. The monoisotopic (exact) mass is 335 g/mol. The lowest BCUT2D eigenvalue weighted by molar-refractivity contribution is -0.116. The van der Waals surface area contributed by atoms with Gasteiger partial charge in [0.25, 0.3) is 0 Å². The van der Waals surface area contributed by atoms with Crippen molar-refractivity contribution in [3.8, 4) is 0 Å². The predicted octanol–water partition coefficient (Wildman–Crippen LogP) is 5.49. The average Bonchev–Trinajstić information content (AvgIpc) is 3.01. The van der Waals surface area contributed by atoms with E-state index in [0.29, 0.717) is 6.42 Å². The fraction of sp³-hybridized carbons (Fsp3) is 0.389. The highest BCUT2D eigenvalue weighted by atomic mass is 35.5. The molecule has 118 valence electrons. The highest BCUT2D eigenvalue weighted by molar-refractivity contribution is 7.09. The Morgan fingerprint density at radius 1 is 1.23 bits per heavy atom. The zero-order valence-corrected chi connectivity index (χ0v) is 14.7. The number of nitrogens with one attached hydrogen (secondary N) is 1. The van der Waals surface area contributed by atoms with E-state index in [0.717, 1.165) is 47.5 Å². The van der Waals surface area contributed by atoms with Gasteiger partial charge in [-0.25, -0.2) is 0 Å². The molecule has 2 nitrogen and oxygen atoms in total. The first-order chi connectivity index (χ1) is 10.7. The van der Waals surface area contributed by atoms with E-state index in [4.69, 9.17) is 11.6 Å². The van der Waals surface area contributed by atoms with Crippen LogP contribution in [0.1, 0.15) is 42.7 Å². The molecule has 1 N–H and O–H groups in total. The van der Waals surface area contributed by atoms with Crippen LogP contribution in [0.4, 0.5) is 5.69 Å². The van der Waals surface area contributed by atoms with Gasteiger partial charge >= 0.3 is 0 Å². The summed E-state index contributed by atoms with van der Waals surface area (Å²) in [5.74, 6) is 0.0724. The van der Waals surface area contributed by atoms with E-state index in [2.05, 4.69) is 30.6 Å². The number of anilines is 1. The Hall–Kier alpha value is -1.32. The molecule has 0 saturated carbocycles. The van der Waals surface area contributed by atoms with Gasteiger partial charge in [-0.3, -0.25) is 4.79 Å². The Bertz CT molecular complexity index is 622. The number of hydrogen-bond donors (Lipinski definition) is 1. The summed E-state index contributed by atoms with van der Waals surface area (Å²) in [5.41, 5.74) is 3.10. The molecule has 2 aromatic rings. The molecule has 1 amide bonds. The Morgan fingerprint density at radius 2 is 2.05 bits per heavy atom. The lowest BCUT2D eigenvalue weighted by atomic mass is 10.0. The Morgan fingerprint density at radius 3 is 2.68 bits per heavy atom. The number of hydrogen-bond acceptors (Lipinski definition) is 2. The molecule has 0 bridgehead atoms. The van der Waals surface area contributed by atoms with Crippen LogP contribution in [-0.2, 0) is 24.1 Å². The van der Waals surface area contributed by atoms with Gasteiger partial charge in [-0.05, 0) is 54.3 Å². The number of rotatable bonds is 7. The minimum atomic E-state index is 0.0724. The molecular weight excluding hydrogens is 314 g/mol. The molecule has 1 heterocycles. The van der Waals surface area contributed by atoms with Gasteiger partial charge in [-0.15, -0.1) is 11.3 Å². The molecule has 22 heavy (non-hydrogen) atoms. The van der Waals surface area contributed by atoms with Crippen molar-refractivity contribution in [2.75, 3.05) is 5.32 Å². The first kappa shape index (κ1) is 17.0. The number of carbonyl (C=O) groups is 1. The average molecular weight is 336 g/mol. The van der Waals surface area contributed by atoms with Crippen molar-refractivity contribution in [3.63, 3.8) is 0 Å². The maximum Gasteiger partial charge on any atom is 0.224 e. The van der Waals surface area contributed by atoms with Crippen LogP contribution in [0.5, 0.6) is 0 Å². The van der Waals surface area contributed by atoms with Crippen molar-refractivity contribution < 1.29 is 4.79 Å². The lowest BCUT2D eigenvalue weighted by Crippen LogP contribution is -2.14. The van der Waals surface area contributed by atoms with Crippen LogP contribution in [-0.4, -0.2) is 5.91 Å². The fourth-order valence-corrected chi connectivity index (χ4v) is 3.59. The second kappa shape index (κ2) is 8.35. The third kappa shape index (κ3) is 4.34. The third-order valence-electron chi connectivity index (χ3n) is 3.75. The molecule has 0 spiro atoms. The zero-order chi connectivity index (χ0) is 15.9. The van der Waals surface area contributed by atoms with Crippen LogP contribution in [0.25, 0.3) is 0 Å². The molecular formula is C18H22ClNOS. The summed E-state index contributed by atoms with van der Waals surface area (Å²) in [6.07, 6.45) is 4.07. The number of carbonyl (C=O) groups excluding carboxylic acids is 1. The standard InChI is InChI=1S/C18H22ClNOS/c1-3-13-10-11-16(19)15(4-2)18(13)20-17(21)9-5-7-14-8-6-12-22-14/h6,8,10-12H,3-5,7,9H2,1-2H3,(H,20,21). The van der Waals surface area contributed by atoms with E-state index in [1.165, 1.54) is 4.88 Å². The van der Waals surface area contributed by atoms with Gasteiger partial charge in [-0.2, -0.15) is 0 Å². The van der Waals surface area contributed by atoms with E-state index in [1.807, 2.05) is 18.2 Å². The minimum Gasteiger partial charge on any atom is -0.326 e. The van der Waals surface area contributed by atoms with Gasteiger partial charge in [-0.1, -0.05) is 37.6 Å². The van der Waals surface area contributed by atoms with E-state index in [9.17, 15) is 4.79 Å². The first-order valence-corrected chi connectivity index (χ1v) is 9.04. The summed E-state index contributed by atoms with van der Waals surface area (Å²) in [5, 5.41) is 5.88. The summed E-state index contributed by atoms with van der Waals surface area (Å²) < 4.78 is 0. The molecule has 0 atom stereocenters. The fourth-order valence-electron chi connectivity index (χ4n) is 2.55. The summed E-state index contributed by atoms with van der Waals surface area (Å²) in [7, 11) is 0. The SMILES string of the molecule is CCc1ccc(Cl)c(CC)c1NC(=O)CCCc1cccs1. The summed E-state index contributed by atoms with van der Waals surface area (Å²) in [4.78, 5) is 13.6. The molecule has 0 unspecified atom stereocenters. The highest BCUT2D eigenvalue weighted by Crippen LogP contribution is 2.29. The molecule has 0 saturated heterocycles. The van der Waals surface area contributed by atoms with Gasteiger partial charge in [0.1, 0.15) is 0 Å². The molecule has 4 heteroatoms. The lowest BCUT2D eigenvalue weighted by Gasteiger charge is -2.16. The minimum absolute atomic E-state index is 0.0724. The molecule has 2 rings (SSSR count). The van der Waals surface area contributed by atoms with Crippen molar-refractivity contribution in [1.29, 1.82) is 0 Å². The quantitative estimate of drug-likeness (QED) is 0.712. The van der Waals surface area contributed by atoms with Crippen molar-refractivity contribution in [1.82, 2.24) is 0 Å². The third-order valence-corrected chi connectivity index (χ3v) is 5.04. The van der Waals surface area contributed by atoms with Crippen LogP contribution >= 0.6 is 22.9 Å². The molecule has 0 aliphatic heterocycles. The van der Waals surface area contributed by atoms with E-state index in [1.54, 1.807) is 11.3 Å². The second-order valence-electron chi connectivity index (χ2n) is 5.25. The van der Waals surface area contributed by atoms with Crippen molar-refractivity contribution in [3.05, 3.63) is 50.7 Å². The highest BCUT2D eigenvalue weighted by Gasteiger charge is 2.13. The van der Waals surface area contributed by atoms with Crippen molar-refractivity contribution >= 4 is 34.5 Å². The summed E-state index contributed by atoms with van der Waals surface area (Å²) in [6, 6.07) is 8.09. The van der Waals surface area contributed by atoms with Crippen molar-refractivity contribution in [2.45, 2.75) is 46.0 Å². The maximum absolute atomic E-state index is 12.2. The zero-order valence-electron chi connectivity index (χ0n) is 13.1. The number of thiophene rings is 1. The summed E-state index contributed by atoms with van der Waals surface area (Å²) >= 11 is 8.01. The van der Waals surface area contributed by atoms with Crippen molar-refractivity contribution in [2.24, 2.45) is 0 Å². The molecule has 0 aliphatic rings. The molecule has 1 aromatic carbocycles. The van der Waals surface area contributed by atoms with Crippen LogP contribution in [0.2, 0.25) is 5.02 Å². The van der Waals surface area contributed by atoms with E-state index in [-0.39, 0.29) is 5.91 Å². The van der Waals surface area contributed by atoms with Gasteiger partial charge in [0.2, 0.25) is 5.91 Å². The van der Waals surface area contributed by atoms with Gasteiger partial charge in [0.15, 0.2) is 0 Å². The largest absolute Gasteiger partial charge is 0.326 e. The first-order valence-electron chi connectivity index (χ1n) is 7.78. The number of aryl methyl sites for hydroxylation is 2. The smallest absolute Gasteiger partial charge is 0.224 e. The van der Waals surface area contributed by atoms with E-state index < -0.39 is 0 Å². The topological polar surface area (TPSA) is 29.1 Å². The second-order valence-corrected chi connectivity index (χ2v) is 6.69. The maximum atomic E-state index is 12.2. The molecule has 0 fully saturated rings. The Balaban J connectivity index is 1.99. The van der Waals surface area contributed by atoms with Gasteiger partial charge in [0.05, 0.1) is 0 Å².